The van der Waals surface area contributed by atoms with Crippen molar-refractivity contribution in [1.82, 2.24) is 9.97 Å². The van der Waals surface area contributed by atoms with Crippen molar-refractivity contribution in [3.05, 3.63) is 48.3 Å². The van der Waals surface area contributed by atoms with Crippen molar-refractivity contribution in [1.29, 1.82) is 0 Å². The summed E-state index contributed by atoms with van der Waals surface area (Å²) in [5.74, 6) is 1.86. The van der Waals surface area contributed by atoms with Gasteiger partial charge in [-0.1, -0.05) is 12.1 Å². The molecule has 0 amide bonds. The van der Waals surface area contributed by atoms with E-state index in [1.54, 1.807) is 32.4 Å². The third-order valence-electron chi connectivity index (χ3n) is 4.11. The minimum absolute atomic E-state index is 0.0667. The monoisotopic (exact) mass is 387 g/mol. The third-order valence-corrected chi connectivity index (χ3v) is 4.51. The number of nitrogens with one attached hydrogen (secondary N) is 2. The topological polar surface area (TPSA) is 108 Å². The van der Waals surface area contributed by atoms with Crippen molar-refractivity contribution < 1.29 is 18.2 Å². The standard InChI is InChI=1S/C18H20N4O4S/c1-11(12-4-6-13(7-5-12)22-27(23)24)21-18-14-8-16(25-2)17(26-3)9-15(14)19-10-20-18/h4-11,22H,1-3H3,(H,23,24)(H,19,20,21)/p-1. The fraction of sp³-hybridized carbons (Fsp3) is 0.222. The summed E-state index contributed by atoms with van der Waals surface area (Å²) in [6, 6.07) is 10.7. The molecule has 1 heterocycles. The predicted molar refractivity (Wildman–Crippen MR) is 104 cm³/mol. The SMILES string of the molecule is COc1cc2ncnc(NC(C)c3ccc(NS(=O)[O-])cc3)c2cc1OC. The van der Waals surface area contributed by atoms with Crippen LogP contribution in [-0.4, -0.2) is 32.9 Å². The van der Waals surface area contributed by atoms with Gasteiger partial charge in [-0.25, -0.2) is 9.97 Å². The van der Waals surface area contributed by atoms with Gasteiger partial charge in [-0.05, 0) is 30.7 Å². The number of hydrogen-bond acceptors (Lipinski definition) is 7. The first-order valence-electron chi connectivity index (χ1n) is 8.11. The second kappa shape index (κ2) is 8.19. The lowest BCUT2D eigenvalue weighted by molar-refractivity contribution is 0.356. The fourth-order valence-electron chi connectivity index (χ4n) is 2.72. The van der Waals surface area contributed by atoms with Crippen molar-refractivity contribution in [3.8, 4) is 11.5 Å². The van der Waals surface area contributed by atoms with Crippen LogP contribution in [0.1, 0.15) is 18.5 Å². The van der Waals surface area contributed by atoms with E-state index in [0.29, 0.717) is 23.0 Å². The van der Waals surface area contributed by atoms with E-state index in [1.165, 1.54) is 6.33 Å². The summed E-state index contributed by atoms with van der Waals surface area (Å²) in [5.41, 5.74) is 2.21. The van der Waals surface area contributed by atoms with E-state index in [2.05, 4.69) is 20.0 Å². The van der Waals surface area contributed by atoms with Crippen LogP contribution in [0.4, 0.5) is 11.5 Å². The zero-order valence-electron chi connectivity index (χ0n) is 15.1. The number of fused-ring (bicyclic) bond motifs is 1. The number of rotatable bonds is 7. The highest BCUT2D eigenvalue weighted by atomic mass is 32.2. The van der Waals surface area contributed by atoms with E-state index in [0.717, 1.165) is 16.5 Å². The van der Waals surface area contributed by atoms with E-state index in [4.69, 9.17) is 9.47 Å². The Morgan fingerprint density at radius 2 is 1.74 bits per heavy atom. The van der Waals surface area contributed by atoms with Crippen LogP contribution in [0.5, 0.6) is 11.5 Å². The van der Waals surface area contributed by atoms with Crippen molar-refractivity contribution in [3.63, 3.8) is 0 Å². The summed E-state index contributed by atoms with van der Waals surface area (Å²) < 4.78 is 34.4. The van der Waals surface area contributed by atoms with E-state index in [1.807, 2.05) is 25.1 Å². The molecule has 0 radical (unpaired) electrons. The molecule has 0 fully saturated rings. The van der Waals surface area contributed by atoms with Gasteiger partial charge in [-0.2, -0.15) is 0 Å². The van der Waals surface area contributed by atoms with Crippen LogP contribution in [0.3, 0.4) is 0 Å². The molecule has 0 saturated carbocycles. The maximum Gasteiger partial charge on any atom is 0.162 e. The number of nitrogens with zero attached hydrogens (tertiary/aromatic N) is 2. The van der Waals surface area contributed by atoms with Gasteiger partial charge in [-0.15, -0.1) is 0 Å². The first-order chi connectivity index (χ1) is 13.0. The Morgan fingerprint density at radius 3 is 2.37 bits per heavy atom. The molecule has 3 rings (SSSR count). The smallest absolute Gasteiger partial charge is 0.162 e. The quantitative estimate of drug-likeness (QED) is 0.600. The molecule has 8 nitrogen and oxygen atoms in total. The van der Waals surface area contributed by atoms with Gasteiger partial charge in [-0.3, -0.25) is 4.21 Å². The number of hydrogen-bond donors (Lipinski definition) is 2. The molecule has 2 unspecified atom stereocenters. The van der Waals surface area contributed by atoms with Crippen LogP contribution in [-0.2, 0) is 11.3 Å². The van der Waals surface area contributed by atoms with Crippen LogP contribution in [0.25, 0.3) is 10.9 Å². The molecule has 142 valence electrons. The Balaban J connectivity index is 1.88. The molecule has 0 aliphatic carbocycles. The summed E-state index contributed by atoms with van der Waals surface area (Å²) in [7, 11) is 3.15. The first kappa shape index (κ1) is 18.9. The van der Waals surface area contributed by atoms with Crippen LogP contribution in [0.2, 0.25) is 0 Å². The summed E-state index contributed by atoms with van der Waals surface area (Å²) in [6.07, 6.45) is 1.49. The van der Waals surface area contributed by atoms with Gasteiger partial charge in [0.2, 0.25) is 0 Å². The Morgan fingerprint density at radius 1 is 1.07 bits per heavy atom. The molecule has 1 aromatic heterocycles. The van der Waals surface area contributed by atoms with Crippen molar-refractivity contribution in [2.75, 3.05) is 24.3 Å². The zero-order valence-corrected chi connectivity index (χ0v) is 15.9. The number of ether oxygens (including phenoxy) is 2. The van der Waals surface area contributed by atoms with E-state index < -0.39 is 11.3 Å². The molecule has 9 heteroatoms. The number of aromatic nitrogens is 2. The highest BCUT2D eigenvalue weighted by molar-refractivity contribution is 7.80. The Bertz CT molecular complexity index is 965. The lowest BCUT2D eigenvalue weighted by Crippen LogP contribution is -2.09. The maximum atomic E-state index is 10.7. The molecule has 0 aliphatic heterocycles. The highest BCUT2D eigenvalue weighted by Gasteiger charge is 2.13. The van der Waals surface area contributed by atoms with Crippen molar-refractivity contribution in [2.45, 2.75) is 13.0 Å². The van der Waals surface area contributed by atoms with Crippen LogP contribution < -0.4 is 19.5 Å². The van der Waals surface area contributed by atoms with Gasteiger partial charge in [0, 0.05) is 34.4 Å². The minimum atomic E-state index is -2.34. The van der Waals surface area contributed by atoms with E-state index in [9.17, 15) is 8.76 Å². The molecular formula is C18H19N4O4S-. The minimum Gasteiger partial charge on any atom is -0.755 e. The van der Waals surface area contributed by atoms with Gasteiger partial charge in [0.1, 0.15) is 12.1 Å². The average molecular weight is 387 g/mol. The van der Waals surface area contributed by atoms with Crippen LogP contribution in [0.15, 0.2) is 42.7 Å². The summed E-state index contributed by atoms with van der Waals surface area (Å²) >= 11 is -2.34. The molecule has 2 aromatic carbocycles. The largest absolute Gasteiger partial charge is 0.755 e. The number of anilines is 2. The van der Waals surface area contributed by atoms with Crippen LogP contribution >= 0.6 is 0 Å². The molecule has 0 aliphatic rings. The van der Waals surface area contributed by atoms with Gasteiger partial charge in [0.15, 0.2) is 11.5 Å². The summed E-state index contributed by atoms with van der Waals surface area (Å²) in [4.78, 5) is 8.64. The van der Waals surface area contributed by atoms with E-state index in [-0.39, 0.29) is 6.04 Å². The predicted octanol–water partition coefficient (Wildman–Crippen LogP) is 3.03. The summed E-state index contributed by atoms with van der Waals surface area (Å²) in [6.45, 7) is 1.99. The average Bonchev–Trinajstić information content (AvgIpc) is 2.67. The molecule has 2 atom stereocenters. The fourth-order valence-corrected chi connectivity index (χ4v) is 3.05. The Hall–Kier alpha value is -2.91. The van der Waals surface area contributed by atoms with Gasteiger partial charge in [0.05, 0.1) is 19.7 Å². The lowest BCUT2D eigenvalue weighted by Gasteiger charge is -2.18. The maximum absolute atomic E-state index is 10.7. The van der Waals surface area contributed by atoms with Gasteiger partial charge < -0.3 is 24.1 Å². The Labute approximate surface area is 159 Å². The molecule has 2 N–H and O–H groups in total. The lowest BCUT2D eigenvalue weighted by atomic mass is 10.1. The van der Waals surface area contributed by atoms with Crippen LogP contribution in [0, 0.1) is 0 Å². The van der Waals surface area contributed by atoms with Crippen molar-refractivity contribution >= 4 is 33.7 Å². The zero-order chi connectivity index (χ0) is 19.4. The molecule has 0 spiro atoms. The molecule has 0 bridgehead atoms. The molecular weight excluding hydrogens is 368 g/mol. The summed E-state index contributed by atoms with van der Waals surface area (Å²) in [5, 5.41) is 4.17. The third kappa shape index (κ3) is 4.26. The Kier molecular flexibility index (Phi) is 5.72. The van der Waals surface area contributed by atoms with Gasteiger partial charge in [0.25, 0.3) is 0 Å². The highest BCUT2D eigenvalue weighted by Crippen LogP contribution is 2.34. The van der Waals surface area contributed by atoms with E-state index >= 15 is 0 Å². The normalized spacial score (nSPS) is 13.0. The molecule has 0 saturated heterocycles. The number of methoxy groups -OCH3 is 2. The number of benzene rings is 2. The van der Waals surface area contributed by atoms with Gasteiger partial charge >= 0.3 is 0 Å². The second-order valence-electron chi connectivity index (χ2n) is 5.77. The second-order valence-corrected chi connectivity index (χ2v) is 6.44. The van der Waals surface area contributed by atoms with Crippen molar-refractivity contribution in [2.24, 2.45) is 0 Å². The molecule has 27 heavy (non-hydrogen) atoms. The first-order valence-corrected chi connectivity index (χ1v) is 9.18. The molecule has 3 aromatic rings.